The Morgan fingerprint density at radius 3 is 2.39 bits per heavy atom. The molecule has 1 amide bonds. The third kappa shape index (κ3) is 6.98. The van der Waals surface area contributed by atoms with Crippen molar-refractivity contribution in [2.45, 2.75) is 63.1 Å². The molecule has 3 aromatic rings. The van der Waals surface area contributed by atoms with E-state index in [1.165, 1.54) is 18.5 Å². The van der Waals surface area contributed by atoms with Crippen LogP contribution in [0.15, 0.2) is 61.3 Å². The second kappa shape index (κ2) is 12.1. The number of aliphatic hydroxyl groups is 1. The zero-order chi connectivity index (χ0) is 29.0. The van der Waals surface area contributed by atoms with Crippen LogP contribution in [0.3, 0.4) is 0 Å². The van der Waals surface area contributed by atoms with Crippen LogP contribution in [0.5, 0.6) is 0 Å². The lowest BCUT2D eigenvalue weighted by Crippen LogP contribution is -2.33. The van der Waals surface area contributed by atoms with Crippen molar-refractivity contribution in [2.75, 3.05) is 13.1 Å². The molecular formula is C31H33F3N4O3. The smallest absolute Gasteiger partial charge is 0.384 e. The van der Waals surface area contributed by atoms with Crippen molar-refractivity contribution in [3.63, 3.8) is 0 Å². The maximum absolute atomic E-state index is 12.9. The van der Waals surface area contributed by atoms with E-state index in [2.05, 4.69) is 15.0 Å². The minimum Gasteiger partial charge on any atom is -0.384 e. The summed E-state index contributed by atoms with van der Waals surface area (Å²) in [5.41, 5.74) is 0.591. The number of alkyl halides is 3. The Hall–Kier alpha value is -3.66. The molecule has 10 heteroatoms. The van der Waals surface area contributed by atoms with E-state index in [1.807, 2.05) is 12.1 Å². The number of aromatic nitrogens is 3. The average molecular weight is 567 g/mol. The predicted octanol–water partition coefficient (Wildman–Crippen LogP) is 5.84. The largest absolute Gasteiger partial charge is 0.416 e. The van der Waals surface area contributed by atoms with Crippen LogP contribution in [-0.2, 0) is 16.6 Å². The highest BCUT2D eigenvalue weighted by Crippen LogP contribution is 2.42. The molecule has 0 spiro atoms. The van der Waals surface area contributed by atoms with Crippen LogP contribution in [-0.4, -0.2) is 49.7 Å². The number of ketones is 1. The second-order valence-electron chi connectivity index (χ2n) is 11.3. The van der Waals surface area contributed by atoms with Gasteiger partial charge in [-0.1, -0.05) is 18.2 Å². The first kappa shape index (κ1) is 28.9. The van der Waals surface area contributed by atoms with Crippen LogP contribution < -0.4 is 0 Å². The molecule has 2 aliphatic rings. The minimum absolute atomic E-state index is 0.0126. The van der Waals surface area contributed by atoms with E-state index in [0.29, 0.717) is 43.5 Å². The van der Waals surface area contributed by atoms with E-state index in [0.717, 1.165) is 48.9 Å². The number of carbonyl (C=O) groups is 2. The van der Waals surface area contributed by atoms with Gasteiger partial charge in [-0.25, -0.2) is 9.97 Å². The van der Waals surface area contributed by atoms with E-state index in [4.69, 9.17) is 0 Å². The number of likely N-dealkylation sites (tertiary alicyclic amines) is 1. The SMILES string of the molecule is O=C(CCC(=O)N1CCC(CC2CCC(O)(c3ccc(-c4cncnc4)cn3)CC2)C1)c1cccc(C(F)(F)F)c1. The molecular weight excluding hydrogens is 533 g/mol. The highest BCUT2D eigenvalue weighted by atomic mass is 19.4. The maximum atomic E-state index is 12.9. The summed E-state index contributed by atoms with van der Waals surface area (Å²) in [5, 5.41) is 11.3. The molecule has 5 rings (SSSR count). The summed E-state index contributed by atoms with van der Waals surface area (Å²) in [6.45, 7) is 1.25. The summed E-state index contributed by atoms with van der Waals surface area (Å²) in [7, 11) is 0. The van der Waals surface area contributed by atoms with Crippen LogP contribution in [0.25, 0.3) is 11.1 Å². The van der Waals surface area contributed by atoms with E-state index in [-0.39, 0.29) is 24.3 Å². The summed E-state index contributed by atoms with van der Waals surface area (Å²) < 4.78 is 38.8. The van der Waals surface area contributed by atoms with Crippen LogP contribution in [0, 0.1) is 11.8 Å². The van der Waals surface area contributed by atoms with Crippen LogP contribution in [0.2, 0.25) is 0 Å². The van der Waals surface area contributed by atoms with Gasteiger partial charge in [0.25, 0.3) is 0 Å². The van der Waals surface area contributed by atoms with Gasteiger partial charge in [0.05, 0.1) is 11.3 Å². The van der Waals surface area contributed by atoms with Gasteiger partial charge < -0.3 is 10.0 Å². The van der Waals surface area contributed by atoms with Crippen LogP contribution >= 0.6 is 0 Å². The zero-order valence-corrected chi connectivity index (χ0v) is 22.7. The number of hydrogen-bond acceptors (Lipinski definition) is 6. The maximum Gasteiger partial charge on any atom is 0.416 e. The van der Waals surface area contributed by atoms with Crippen molar-refractivity contribution >= 4 is 11.7 Å². The molecule has 1 unspecified atom stereocenters. The first-order valence-corrected chi connectivity index (χ1v) is 14.0. The van der Waals surface area contributed by atoms with Crippen molar-refractivity contribution in [3.05, 3.63) is 78.1 Å². The fraction of sp³-hybridized carbons (Fsp3) is 0.452. The van der Waals surface area contributed by atoms with Crippen molar-refractivity contribution < 1.29 is 27.9 Å². The highest BCUT2D eigenvalue weighted by molar-refractivity contribution is 5.98. The molecule has 2 fully saturated rings. The molecule has 41 heavy (non-hydrogen) atoms. The summed E-state index contributed by atoms with van der Waals surface area (Å²) in [6.07, 6.45) is 6.90. The summed E-state index contributed by atoms with van der Waals surface area (Å²) in [6, 6.07) is 8.14. The van der Waals surface area contributed by atoms with Crippen molar-refractivity contribution in [3.8, 4) is 11.1 Å². The fourth-order valence-corrected chi connectivity index (χ4v) is 6.05. The number of nitrogens with zero attached hydrogens (tertiary/aromatic N) is 4. The quantitative estimate of drug-likeness (QED) is 0.345. The van der Waals surface area contributed by atoms with Crippen LogP contribution in [0.4, 0.5) is 13.2 Å². The first-order chi connectivity index (χ1) is 19.6. The van der Waals surface area contributed by atoms with E-state index in [1.54, 1.807) is 23.5 Å². The third-order valence-corrected chi connectivity index (χ3v) is 8.45. The number of carbonyl (C=O) groups excluding carboxylic acids is 2. The summed E-state index contributed by atoms with van der Waals surface area (Å²) in [4.78, 5) is 39.6. The molecule has 2 aromatic heterocycles. The number of benzene rings is 1. The zero-order valence-electron chi connectivity index (χ0n) is 22.7. The Labute approximate surface area is 236 Å². The van der Waals surface area contributed by atoms with Gasteiger partial charge in [0.1, 0.15) is 11.9 Å². The van der Waals surface area contributed by atoms with E-state index >= 15 is 0 Å². The van der Waals surface area contributed by atoms with Gasteiger partial charge in [0.2, 0.25) is 5.91 Å². The number of Topliss-reactive ketones (excluding diaryl/α,β-unsaturated/α-hetero) is 1. The van der Waals surface area contributed by atoms with Gasteiger partial charge in [-0.3, -0.25) is 14.6 Å². The normalized spacial score (nSPS) is 23.0. The van der Waals surface area contributed by atoms with Gasteiger partial charge in [-0.2, -0.15) is 13.2 Å². The minimum atomic E-state index is -4.52. The summed E-state index contributed by atoms with van der Waals surface area (Å²) in [5.74, 6) is 0.217. The Balaban J connectivity index is 1.06. The Morgan fingerprint density at radius 1 is 0.951 bits per heavy atom. The number of rotatable bonds is 8. The van der Waals surface area contributed by atoms with Crippen molar-refractivity contribution in [1.29, 1.82) is 0 Å². The fourth-order valence-electron chi connectivity index (χ4n) is 6.05. The number of halogens is 3. The molecule has 0 bridgehead atoms. The molecule has 216 valence electrons. The van der Waals surface area contributed by atoms with Gasteiger partial charge in [0.15, 0.2) is 5.78 Å². The number of hydrogen-bond donors (Lipinski definition) is 1. The molecule has 1 aromatic carbocycles. The molecule has 1 N–H and O–H groups in total. The van der Waals surface area contributed by atoms with Gasteiger partial charge in [-0.15, -0.1) is 0 Å². The number of amides is 1. The van der Waals surface area contributed by atoms with Crippen LogP contribution in [0.1, 0.15) is 73.0 Å². The summed E-state index contributed by atoms with van der Waals surface area (Å²) >= 11 is 0. The highest BCUT2D eigenvalue weighted by Gasteiger charge is 2.38. The molecule has 1 saturated carbocycles. The predicted molar refractivity (Wildman–Crippen MR) is 145 cm³/mol. The molecule has 1 aliphatic carbocycles. The standard InChI is InChI=1S/C31H33F3N4O3/c32-31(33,34)26-3-1-2-23(15-26)27(39)5-7-29(40)38-13-10-22(19-38)14-21-8-11-30(41,12-9-21)28-6-4-24(18-37-28)25-16-35-20-36-17-25/h1-4,6,15-18,20-22,41H,5,7-14,19H2. The third-order valence-electron chi connectivity index (χ3n) is 8.45. The Kier molecular flexibility index (Phi) is 8.49. The Morgan fingerprint density at radius 2 is 1.71 bits per heavy atom. The second-order valence-corrected chi connectivity index (χ2v) is 11.3. The molecule has 0 radical (unpaired) electrons. The lowest BCUT2D eigenvalue weighted by molar-refractivity contribution is -0.137. The van der Waals surface area contributed by atoms with Gasteiger partial charge >= 0.3 is 6.18 Å². The van der Waals surface area contributed by atoms with Crippen molar-refractivity contribution in [1.82, 2.24) is 19.9 Å². The van der Waals surface area contributed by atoms with Gasteiger partial charge in [0, 0.05) is 61.2 Å². The Bertz CT molecular complexity index is 1360. The molecule has 1 atom stereocenters. The van der Waals surface area contributed by atoms with E-state index in [9.17, 15) is 27.9 Å². The van der Waals surface area contributed by atoms with E-state index < -0.39 is 23.1 Å². The molecule has 3 heterocycles. The first-order valence-electron chi connectivity index (χ1n) is 14.0. The molecule has 7 nitrogen and oxygen atoms in total. The van der Waals surface area contributed by atoms with Crippen molar-refractivity contribution in [2.24, 2.45) is 11.8 Å². The molecule has 1 saturated heterocycles. The lowest BCUT2D eigenvalue weighted by atomic mass is 9.74. The van der Waals surface area contributed by atoms with Gasteiger partial charge in [-0.05, 0) is 68.6 Å². The average Bonchev–Trinajstić information content (AvgIpc) is 3.46. The molecule has 1 aliphatic heterocycles. The number of pyridine rings is 1. The lowest BCUT2D eigenvalue weighted by Gasteiger charge is -2.36. The monoisotopic (exact) mass is 566 g/mol. The topological polar surface area (TPSA) is 96.3 Å².